The summed E-state index contributed by atoms with van der Waals surface area (Å²) in [5.74, 6) is -1.06. The number of carboxylic acids is 1. The van der Waals surface area contributed by atoms with Gasteiger partial charge in [0.2, 0.25) is 0 Å². The summed E-state index contributed by atoms with van der Waals surface area (Å²) in [6.45, 7) is 5.31. The summed E-state index contributed by atoms with van der Waals surface area (Å²) < 4.78 is 5.18. The molecule has 0 saturated heterocycles. The third kappa shape index (κ3) is 7.77. The zero-order valence-corrected chi connectivity index (χ0v) is 12.5. The van der Waals surface area contributed by atoms with Crippen molar-refractivity contribution >= 4 is 12.1 Å². The maximum atomic E-state index is 11.8. The summed E-state index contributed by atoms with van der Waals surface area (Å²) in [4.78, 5) is 22.4. The molecule has 1 aromatic carbocycles. The van der Waals surface area contributed by atoms with Crippen LogP contribution in [0, 0.1) is 0 Å². The monoisotopic (exact) mass is 291 g/mol. The second-order valence-corrected chi connectivity index (χ2v) is 5.64. The summed E-state index contributed by atoms with van der Waals surface area (Å²) in [7, 11) is 0. The highest BCUT2D eigenvalue weighted by Crippen LogP contribution is 2.09. The SMILES string of the molecule is CC(C)(C)OC(=O)NC(C=CC(=O)O)Cc1ccccc1. The number of carboxylic acid groups (broad SMARTS) is 1. The van der Waals surface area contributed by atoms with Gasteiger partial charge < -0.3 is 15.2 Å². The fraction of sp³-hybridized carbons (Fsp3) is 0.375. The molecule has 0 radical (unpaired) electrons. The van der Waals surface area contributed by atoms with Crippen molar-refractivity contribution in [2.24, 2.45) is 0 Å². The lowest BCUT2D eigenvalue weighted by Gasteiger charge is -2.22. The van der Waals surface area contributed by atoms with Crippen LogP contribution in [0.5, 0.6) is 0 Å². The average Bonchev–Trinajstić information content (AvgIpc) is 2.34. The molecule has 0 aliphatic carbocycles. The van der Waals surface area contributed by atoms with Crippen LogP contribution in [-0.2, 0) is 16.0 Å². The second kappa shape index (κ2) is 7.47. The number of hydrogen-bond donors (Lipinski definition) is 2. The maximum Gasteiger partial charge on any atom is 0.408 e. The van der Waals surface area contributed by atoms with Crippen LogP contribution in [0.4, 0.5) is 4.79 Å². The standard InChI is InChI=1S/C16H21NO4/c1-16(2,3)21-15(20)17-13(9-10-14(18)19)11-12-7-5-4-6-8-12/h4-10,13H,11H2,1-3H3,(H,17,20)(H,18,19). The molecule has 1 amide bonds. The molecule has 0 fully saturated rings. The lowest BCUT2D eigenvalue weighted by atomic mass is 10.1. The first-order valence-corrected chi connectivity index (χ1v) is 6.71. The predicted molar refractivity (Wildman–Crippen MR) is 80.1 cm³/mol. The number of benzene rings is 1. The molecule has 0 aliphatic heterocycles. The van der Waals surface area contributed by atoms with Gasteiger partial charge in [0.15, 0.2) is 0 Å². The summed E-state index contributed by atoms with van der Waals surface area (Å²) in [6.07, 6.45) is 2.38. The normalized spacial score (nSPS) is 12.9. The summed E-state index contributed by atoms with van der Waals surface area (Å²) in [5, 5.41) is 11.4. The minimum atomic E-state index is -1.06. The molecule has 5 nitrogen and oxygen atoms in total. The van der Waals surface area contributed by atoms with E-state index in [-0.39, 0.29) is 0 Å². The molecule has 2 N–H and O–H groups in total. The van der Waals surface area contributed by atoms with E-state index in [0.717, 1.165) is 11.6 Å². The second-order valence-electron chi connectivity index (χ2n) is 5.64. The number of carbonyl (C=O) groups excluding carboxylic acids is 1. The van der Waals surface area contributed by atoms with Crippen LogP contribution in [0.3, 0.4) is 0 Å². The van der Waals surface area contributed by atoms with Crippen LogP contribution in [-0.4, -0.2) is 28.8 Å². The largest absolute Gasteiger partial charge is 0.478 e. The number of nitrogens with one attached hydrogen (secondary N) is 1. The van der Waals surface area contributed by atoms with Gasteiger partial charge in [0.05, 0.1) is 6.04 Å². The quantitative estimate of drug-likeness (QED) is 0.818. The Morgan fingerprint density at radius 3 is 2.43 bits per heavy atom. The Morgan fingerprint density at radius 1 is 1.29 bits per heavy atom. The minimum absolute atomic E-state index is 0.446. The Balaban J connectivity index is 2.73. The number of rotatable bonds is 5. The van der Waals surface area contributed by atoms with Crippen molar-refractivity contribution in [1.29, 1.82) is 0 Å². The molecule has 1 atom stereocenters. The van der Waals surface area contributed by atoms with Gasteiger partial charge in [-0.25, -0.2) is 9.59 Å². The molecule has 0 aromatic heterocycles. The zero-order chi connectivity index (χ0) is 15.9. The molecule has 1 rings (SSSR count). The maximum absolute atomic E-state index is 11.8. The molecular formula is C16H21NO4. The van der Waals surface area contributed by atoms with E-state index in [1.165, 1.54) is 6.08 Å². The van der Waals surface area contributed by atoms with Gasteiger partial charge in [-0.05, 0) is 32.8 Å². The number of alkyl carbamates (subject to hydrolysis) is 1. The lowest BCUT2D eigenvalue weighted by molar-refractivity contribution is -0.131. The van der Waals surface area contributed by atoms with Crippen molar-refractivity contribution in [2.45, 2.75) is 38.8 Å². The smallest absolute Gasteiger partial charge is 0.408 e. The van der Waals surface area contributed by atoms with E-state index in [4.69, 9.17) is 9.84 Å². The van der Waals surface area contributed by atoms with Crippen molar-refractivity contribution in [3.8, 4) is 0 Å². The van der Waals surface area contributed by atoms with E-state index in [1.54, 1.807) is 20.8 Å². The number of hydrogen-bond acceptors (Lipinski definition) is 3. The topological polar surface area (TPSA) is 75.6 Å². The van der Waals surface area contributed by atoms with E-state index in [0.29, 0.717) is 6.42 Å². The van der Waals surface area contributed by atoms with Crippen molar-refractivity contribution in [1.82, 2.24) is 5.32 Å². The first-order valence-electron chi connectivity index (χ1n) is 6.71. The molecule has 21 heavy (non-hydrogen) atoms. The van der Waals surface area contributed by atoms with Crippen LogP contribution in [0.25, 0.3) is 0 Å². The van der Waals surface area contributed by atoms with Gasteiger partial charge in [-0.15, -0.1) is 0 Å². The van der Waals surface area contributed by atoms with E-state index < -0.39 is 23.7 Å². The fourth-order valence-electron chi connectivity index (χ4n) is 1.69. The Hall–Kier alpha value is -2.30. The average molecular weight is 291 g/mol. The Kier molecular flexibility index (Phi) is 5.96. The Labute approximate surface area is 124 Å². The third-order valence-electron chi connectivity index (χ3n) is 2.47. The molecule has 0 bridgehead atoms. The van der Waals surface area contributed by atoms with E-state index >= 15 is 0 Å². The summed E-state index contributed by atoms with van der Waals surface area (Å²) >= 11 is 0. The highest BCUT2D eigenvalue weighted by atomic mass is 16.6. The van der Waals surface area contributed by atoms with Gasteiger partial charge in [0.1, 0.15) is 5.60 Å². The van der Waals surface area contributed by atoms with E-state index in [9.17, 15) is 9.59 Å². The Bertz CT molecular complexity index is 503. The molecule has 1 aromatic rings. The van der Waals surface area contributed by atoms with E-state index in [2.05, 4.69) is 5.32 Å². The first-order chi connectivity index (χ1) is 9.76. The van der Waals surface area contributed by atoms with Crippen molar-refractivity contribution in [2.75, 3.05) is 0 Å². The molecular weight excluding hydrogens is 270 g/mol. The van der Waals surface area contributed by atoms with Crippen LogP contribution >= 0.6 is 0 Å². The number of carbonyl (C=O) groups is 2. The van der Waals surface area contributed by atoms with Gasteiger partial charge in [0.25, 0.3) is 0 Å². The molecule has 0 aliphatic rings. The molecule has 5 heteroatoms. The van der Waals surface area contributed by atoms with Crippen LogP contribution in [0.15, 0.2) is 42.5 Å². The van der Waals surface area contributed by atoms with Crippen molar-refractivity contribution < 1.29 is 19.4 Å². The first kappa shape index (κ1) is 16.8. The third-order valence-corrected chi connectivity index (χ3v) is 2.47. The van der Waals surface area contributed by atoms with Crippen LogP contribution < -0.4 is 5.32 Å². The number of amides is 1. The van der Waals surface area contributed by atoms with Gasteiger partial charge >= 0.3 is 12.1 Å². The minimum Gasteiger partial charge on any atom is -0.478 e. The molecule has 0 heterocycles. The van der Waals surface area contributed by atoms with Gasteiger partial charge in [0, 0.05) is 6.08 Å². The van der Waals surface area contributed by atoms with E-state index in [1.807, 2.05) is 30.3 Å². The fourth-order valence-corrected chi connectivity index (χ4v) is 1.69. The van der Waals surface area contributed by atoms with Gasteiger partial charge in [-0.1, -0.05) is 36.4 Å². The van der Waals surface area contributed by atoms with Crippen molar-refractivity contribution in [3.05, 3.63) is 48.0 Å². The predicted octanol–water partition coefficient (Wildman–Crippen LogP) is 2.76. The lowest BCUT2D eigenvalue weighted by Crippen LogP contribution is -2.39. The van der Waals surface area contributed by atoms with Gasteiger partial charge in [-0.2, -0.15) is 0 Å². The molecule has 114 valence electrons. The van der Waals surface area contributed by atoms with Gasteiger partial charge in [-0.3, -0.25) is 0 Å². The highest BCUT2D eigenvalue weighted by Gasteiger charge is 2.18. The summed E-state index contributed by atoms with van der Waals surface area (Å²) in [5.41, 5.74) is 0.395. The Morgan fingerprint density at radius 2 is 1.90 bits per heavy atom. The van der Waals surface area contributed by atoms with Crippen molar-refractivity contribution in [3.63, 3.8) is 0 Å². The number of aliphatic carboxylic acids is 1. The summed E-state index contributed by atoms with van der Waals surface area (Å²) in [6, 6.07) is 9.06. The zero-order valence-electron chi connectivity index (χ0n) is 12.5. The number of ether oxygens (including phenoxy) is 1. The van der Waals surface area contributed by atoms with Crippen LogP contribution in [0.1, 0.15) is 26.3 Å². The van der Waals surface area contributed by atoms with Crippen LogP contribution in [0.2, 0.25) is 0 Å². The molecule has 0 saturated carbocycles. The highest BCUT2D eigenvalue weighted by molar-refractivity contribution is 5.80. The molecule has 1 unspecified atom stereocenters. The molecule has 0 spiro atoms.